The molecule has 0 fully saturated rings. The van der Waals surface area contributed by atoms with Crippen molar-refractivity contribution in [2.24, 2.45) is 5.16 Å². The molecule has 0 aliphatic heterocycles. The number of aromatic nitrogens is 5. The third-order valence-electron chi connectivity index (χ3n) is 4.23. The molecule has 150 valence electrons. The second-order valence-corrected chi connectivity index (χ2v) is 7.04. The first-order chi connectivity index (χ1) is 13.9. The van der Waals surface area contributed by atoms with E-state index in [-0.39, 0.29) is 0 Å². The molecule has 0 aromatic carbocycles. The summed E-state index contributed by atoms with van der Waals surface area (Å²) in [5.41, 5.74) is 6.09. The lowest BCUT2D eigenvalue weighted by Crippen LogP contribution is -2.05. The van der Waals surface area contributed by atoms with Gasteiger partial charge in [-0.25, -0.2) is 24.9 Å². The SMILES string of the molecule is CC(=NOCCCc1cc(C)nc(-c2cccc(C)n2)n1)c1cc(C)nc(C)n1. The van der Waals surface area contributed by atoms with Crippen LogP contribution in [0.25, 0.3) is 11.5 Å². The molecule has 0 aliphatic rings. The van der Waals surface area contributed by atoms with Crippen molar-refractivity contribution in [3.63, 3.8) is 0 Å². The van der Waals surface area contributed by atoms with Gasteiger partial charge in [0.25, 0.3) is 0 Å². The van der Waals surface area contributed by atoms with Crippen LogP contribution in [0.2, 0.25) is 0 Å². The molecule has 29 heavy (non-hydrogen) atoms. The fourth-order valence-electron chi connectivity index (χ4n) is 2.95. The Morgan fingerprint density at radius 2 is 1.69 bits per heavy atom. The molecule has 3 rings (SSSR count). The van der Waals surface area contributed by atoms with Crippen molar-refractivity contribution in [1.29, 1.82) is 0 Å². The number of oxime groups is 1. The first-order valence-corrected chi connectivity index (χ1v) is 9.68. The Labute approximate surface area is 171 Å². The standard InChI is InChI=1S/C22H26N6O/c1-14-8-6-10-20(24-14)22-25-15(2)12-19(27-22)9-7-11-29-28-17(4)21-13-16(3)23-18(5)26-21/h6,8,10,12-13H,7,9,11H2,1-5H3. The molecule has 0 N–H and O–H groups in total. The molecular formula is C22H26N6O. The normalized spacial score (nSPS) is 11.6. The summed E-state index contributed by atoms with van der Waals surface area (Å²) in [6.07, 6.45) is 1.58. The van der Waals surface area contributed by atoms with E-state index in [2.05, 4.69) is 30.1 Å². The highest BCUT2D eigenvalue weighted by Crippen LogP contribution is 2.15. The van der Waals surface area contributed by atoms with Crippen molar-refractivity contribution >= 4 is 5.71 Å². The van der Waals surface area contributed by atoms with Gasteiger partial charge in [0.05, 0.1) is 5.69 Å². The average molecular weight is 390 g/mol. The lowest BCUT2D eigenvalue weighted by atomic mass is 10.2. The van der Waals surface area contributed by atoms with E-state index in [1.165, 1.54) is 0 Å². The third-order valence-corrected chi connectivity index (χ3v) is 4.23. The molecule has 0 saturated heterocycles. The fourth-order valence-corrected chi connectivity index (χ4v) is 2.95. The summed E-state index contributed by atoms with van der Waals surface area (Å²) in [4.78, 5) is 27.9. The minimum absolute atomic E-state index is 0.501. The zero-order valence-corrected chi connectivity index (χ0v) is 17.6. The zero-order valence-electron chi connectivity index (χ0n) is 17.6. The summed E-state index contributed by atoms with van der Waals surface area (Å²) in [5, 5.41) is 4.18. The smallest absolute Gasteiger partial charge is 0.178 e. The maximum atomic E-state index is 5.48. The van der Waals surface area contributed by atoms with Gasteiger partial charge >= 0.3 is 0 Å². The molecule has 0 aliphatic carbocycles. The first kappa shape index (κ1) is 20.5. The van der Waals surface area contributed by atoms with Gasteiger partial charge in [0.1, 0.15) is 23.8 Å². The Morgan fingerprint density at radius 3 is 2.45 bits per heavy atom. The Balaban J connectivity index is 1.58. The van der Waals surface area contributed by atoms with Crippen LogP contribution in [0.1, 0.15) is 47.6 Å². The predicted molar refractivity (Wildman–Crippen MR) is 113 cm³/mol. The molecular weight excluding hydrogens is 364 g/mol. The minimum Gasteiger partial charge on any atom is -0.396 e. The Morgan fingerprint density at radius 1 is 0.897 bits per heavy atom. The van der Waals surface area contributed by atoms with Crippen LogP contribution in [0, 0.1) is 27.7 Å². The van der Waals surface area contributed by atoms with Crippen LogP contribution in [-0.2, 0) is 11.3 Å². The van der Waals surface area contributed by atoms with Gasteiger partial charge in [-0.05, 0) is 71.7 Å². The Bertz CT molecular complexity index is 1010. The summed E-state index contributed by atoms with van der Waals surface area (Å²) in [5.74, 6) is 1.39. The molecule has 0 amide bonds. The van der Waals surface area contributed by atoms with E-state index >= 15 is 0 Å². The van der Waals surface area contributed by atoms with Crippen LogP contribution in [0.4, 0.5) is 0 Å². The molecule has 0 radical (unpaired) electrons. The lowest BCUT2D eigenvalue weighted by molar-refractivity contribution is 0.141. The van der Waals surface area contributed by atoms with Crippen molar-refractivity contribution < 1.29 is 4.84 Å². The van der Waals surface area contributed by atoms with Gasteiger partial charge in [0.2, 0.25) is 0 Å². The van der Waals surface area contributed by atoms with Crippen LogP contribution >= 0.6 is 0 Å². The third kappa shape index (κ3) is 5.88. The van der Waals surface area contributed by atoms with Crippen LogP contribution < -0.4 is 0 Å². The summed E-state index contributed by atoms with van der Waals surface area (Å²) < 4.78 is 0. The van der Waals surface area contributed by atoms with Crippen molar-refractivity contribution in [1.82, 2.24) is 24.9 Å². The lowest BCUT2D eigenvalue weighted by Gasteiger charge is -2.07. The first-order valence-electron chi connectivity index (χ1n) is 9.68. The van der Waals surface area contributed by atoms with Gasteiger partial charge in [-0.2, -0.15) is 0 Å². The monoisotopic (exact) mass is 390 g/mol. The van der Waals surface area contributed by atoms with Crippen molar-refractivity contribution in [2.75, 3.05) is 6.61 Å². The molecule has 7 nitrogen and oxygen atoms in total. The van der Waals surface area contributed by atoms with E-state index in [4.69, 9.17) is 4.84 Å². The van der Waals surface area contributed by atoms with Gasteiger partial charge in [-0.15, -0.1) is 0 Å². The fraction of sp³-hybridized carbons (Fsp3) is 0.364. The molecule has 3 aromatic rings. The molecule has 7 heteroatoms. The molecule has 3 heterocycles. The van der Waals surface area contributed by atoms with Crippen molar-refractivity contribution in [3.05, 3.63) is 64.6 Å². The van der Waals surface area contributed by atoms with Gasteiger partial charge in [0.15, 0.2) is 5.82 Å². The maximum Gasteiger partial charge on any atom is 0.178 e. The Kier molecular flexibility index (Phi) is 6.59. The quantitative estimate of drug-likeness (QED) is 0.345. The minimum atomic E-state index is 0.501. The topological polar surface area (TPSA) is 86.0 Å². The number of aryl methyl sites for hydroxylation is 5. The largest absolute Gasteiger partial charge is 0.396 e. The number of pyridine rings is 1. The number of hydrogen-bond acceptors (Lipinski definition) is 7. The van der Waals surface area contributed by atoms with Gasteiger partial charge < -0.3 is 4.84 Å². The maximum absolute atomic E-state index is 5.48. The second kappa shape index (κ2) is 9.32. The second-order valence-electron chi connectivity index (χ2n) is 7.04. The summed E-state index contributed by atoms with van der Waals surface area (Å²) in [6, 6.07) is 9.77. The number of rotatable bonds is 7. The van der Waals surface area contributed by atoms with E-state index in [1.54, 1.807) is 0 Å². The van der Waals surface area contributed by atoms with E-state index < -0.39 is 0 Å². The van der Waals surface area contributed by atoms with Crippen molar-refractivity contribution in [3.8, 4) is 11.5 Å². The van der Waals surface area contributed by atoms with Crippen LogP contribution in [-0.4, -0.2) is 37.2 Å². The van der Waals surface area contributed by atoms with E-state index in [0.717, 1.165) is 58.5 Å². The van der Waals surface area contributed by atoms with Gasteiger partial charge in [-0.3, -0.25) is 0 Å². The van der Waals surface area contributed by atoms with Gasteiger partial charge in [0, 0.05) is 22.8 Å². The zero-order chi connectivity index (χ0) is 20.8. The molecule has 0 spiro atoms. The van der Waals surface area contributed by atoms with Gasteiger partial charge in [-0.1, -0.05) is 11.2 Å². The molecule has 0 saturated carbocycles. The van der Waals surface area contributed by atoms with E-state index in [1.807, 2.05) is 65.0 Å². The average Bonchev–Trinajstić information content (AvgIpc) is 2.66. The van der Waals surface area contributed by atoms with E-state index in [9.17, 15) is 0 Å². The highest BCUT2D eigenvalue weighted by molar-refractivity contribution is 5.96. The Hall–Kier alpha value is -3.22. The highest BCUT2D eigenvalue weighted by Gasteiger charge is 2.07. The predicted octanol–water partition coefficient (Wildman–Crippen LogP) is 3.94. The van der Waals surface area contributed by atoms with E-state index in [0.29, 0.717) is 12.4 Å². The molecule has 3 aromatic heterocycles. The summed E-state index contributed by atoms with van der Waals surface area (Å²) >= 11 is 0. The van der Waals surface area contributed by atoms with Crippen LogP contribution in [0.3, 0.4) is 0 Å². The summed E-state index contributed by atoms with van der Waals surface area (Å²) in [7, 11) is 0. The molecule has 0 bridgehead atoms. The molecule has 0 atom stereocenters. The van der Waals surface area contributed by atoms with Crippen LogP contribution in [0.5, 0.6) is 0 Å². The number of hydrogen-bond donors (Lipinski definition) is 0. The highest BCUT2D eigenvalue weighted by atomic mass is 16.6. The van der Waals surface area contributed by atoms with Crippen LogP contribution in [0.15, 0.2) is 35.5 Å². The molecule has 0 unspecified atom stereocenters. The van der Waals surface area contributed by atoms with Crippen molar-refractivity contribution in [2.45, 2.75) is 47.5 Å². The number of nitrogens with zero attached hydrogens (tertiary/aromatic N) is 6. The summed E-state index contributed by atoms with van der Waals surface area (Å²) in [6.45, 7) is 10.1.